The number of aryl methyl sites for hydroxylation is 1. The summed E-state index contributed by atoms with van der Waals surface area (Å²) in [4.78, 5) is 20.9. The lowest BCUT2D eigenvalue weighted by Gasteiger charge is -2.35. The van der Waals surface area contributed by atoms with Crippen LogP contribution in [0.4, 0.5) is 10.8 Å². The zero-order chi connectivity index (χ0) is 18.4. The Bertz CT molecular complexity index is 849. The highest BCUT2D eigenvalue weighted by Gasteiger charge is 2.34. The maximum Gasteiger partial charge on any atom is 0.225 e. The fourth-order valence-electron chi connectivity index (χ4n) is 3.35. The summed E-state index contributed by atoms with van der Waals surface area (Å²) in [6, 6.07) is 4.55. The Morgan fingerprint density at radius 2 is 2.23 bits per heavy atom. The molecule has 0 radical (unpaired) electrons. The molecule has 1 atom stereocenters. The molecule has 0 saturated heterocycles. The number of thiazole rings is 1. The van der Waals surface area contributed by atoms with Crippen molar-refractivity contribution in [1.82, 2.24) is 4.98 Å². The summed E-state index contributed by atoms with van der Waals surface area (Å²) in [6.07, 6.45) is 2.29. The average molecular weight is 436 g/mol. The van der Waals surface area contributed by atoms with Crippen LogP contribution >= 0.6 is 27.3 Å². The number of halogens is 1. The Morgan fingerprint density at radius 3 is 2.92 bits per heavy atom. The molecule has 2 heterocycles. The van der Waals surface area contributed by atoms with E-state index in [1.165, 1.54) is 0 Å². The lowest BCUT2D eigenvalue weighted by atomic mass is 10.1. The summed E-state index contributed by atoms with van der Waals surface area (Å²) in [5, 5.41) is 2.89. The quantitative estimate of drug-likeness (QED) is 0.707. The predicted molar refractivity (Wildman–Crippen MR) is 108 cm³/mol. The molecule has 0 spiro atoms. The van der Waals surface area contributed by atoms with Gasteiger partial charge in [0.25, 0.3) is 0 Å². The van der Waals surface area contributed by atoms with Crippen LogP contribution in [-0.4, -0.2) is 29.6 Å². The van der Waals surface area contributed by atoms with Crippen molar-refractivity contribution in [3.8, 4) is 5.75 Å². The second kappa shape index (κ2) is 6.85. The van der Waals surface area contributed by atoms with Crippen molar-refractivity contribution >= 4 is 44.0 Å². The van der Waals surface area contributed by atoms with E-state index in [9.17, 15) is 4.79 Å². The van der Waals surface area contributed by atoms with Gasteiger partial charge in [0, 0.05) is 22.8 Å². The summed E-state index contributed by atoms with van der Waals surface area (Å²) < 4.78 is 7.10. The van der Waals surface area contributed by atoms with Gasteiger partial charge in [0.15, 0.2) is 5.13 Å². The van der Waals surface area contributed by atoms with Gasteiger partial charge in [-0.1, -0.05) is 15.9 Å². The van der Waals surface area contributed by atoms with Gasteiger partial charge in [-0.25, -0.2) is 4.98 Å². The van der Waals surface area contributed by atoms with Gasteiger partial charge >= 0.3 is 0 Å². The number of carbonyl (C=O) groups excluding carboxylic acids is 1. The molecule has 5 nitrogen and oxygen atoms in total. The molecular formula is C19H22BrN3O2S. The Labute approximate surface area is 166 Å². The normalized spacial score (nSPS) is 19.1. The molecule has 1 amide bonds. The van der Waals surface area contributed by atoms with Gasteiger partial charge in [0.1, 0.15) is 11.9 Å². The van der Waals surface area contributed by atoms with Gasteiger partial charge in [0.05, 0.1) is 24.5 Å². The summed E-state index contributed by atoms with van der Waals surface area (Å²) in [6.45, 7) is 7.30. The lowest BCUT2D eigenvalue weighted by molar-refractivity contribution is -0.116. The minimum absolute atomic E-state index is 0.0816. The molecular weight excluding hydrogens is 414 g/mol. The maximum absolute atomic E-state index is 12.0. The molecule has 1 aliphatic carbocycles. The maximum atomic E-state index is 12.0. The van der Waals surface area contributed by atoms with E-state index in [1.807, 2.05) is 4.90 Å². The first-order chi connectivity index (χ1) is 12.4. The average Bonchev–Trinajstić information content (AvgIpc) is 3.28. The topological polar surface area (TPSA) is 45.7 Å². The number of hydrogen-bond donors (Lipinski definition) is 0. The third-order valence-corrected chi connectivity index (χ3v) is 6.48. The van der Waals surface area contributed by atoms with E-state index in [0.29, 0.717) is 12.6 Å². The number of hydrogen-bond acceptors (Lipinski definition) is 5. The van der Waals surface area contributed by atoms with Crippen LogP contribution in [0.3, 0.4) is 0 Å². The van der Waals surface area contributed by atoms with Crippen LogP contribution in [0.1, 0.15) is 37.9 Å². The second-order valence-corrected chi connectivity index (χ2v) is 8.81. The monoisotopic (exact) mass is 435 g/mol. The first kappa shape index (κ1) is 17.8. The largest absolute Gasteiger partial charge is 0.487 e. The Balaban J connectivity index is 1.58. The predicted octanol–water partition coefficient (Wildman–Crippen LogP) is 4.52. The first-order valence-electron chi connectivity index (χ1n) is 8.88. The molecule has 7 heteroatoms. The van der Waals surface area contributed by atoms with Gasteiger partial charge in [-0.05, 0) is 44.4 Å². The van der Waals surface area contributed by atoms with Crippen molar-refractivity contribution in [3.63, 3.8) is 0 Å². The van der Waals surface area contributed by atoms with Crippen molar-refractivity contribution in [2.75, 3.05) is 16.3 Å². The second-order valence-electron chi connectivity index (χ2n) is 7.12. The number of anilines is 2. The van der Waals surface area contributed by atoms with Crippen molar-refractivity contribution in [2.45, 2.75) is 52.3 Å². The van der Waals surface area contributed by atoms with E-state index in [4.69, 9.17) is 9.72 Å². The molecule has 4 rings (SSSR count). The Morgan fingerprint density at radius 1 is 1.46 bits per heavy atom. The minimum atomic E-state index is 0.0816. The fraction of sp³-hybridized carbons (Fsp3) is 0.474. The summed E-state index contributed by atoms with van der Waals surface area (Å²) >= 11 is 5.18. The summed E-state index contributed by atoms with van der Waals surface area (Å²) in [5.74, 6) is 1.00. The van der Waals surface area contributed by atoms with Gasteiger partial charge in [0.2, 0.25) is 5.91 Å². The van der Waals surface area contributed by atoms with Crippen LogP contribution in [0, 0.1) is 6.92 Å². The molecule has 26 heavy (non-hydrogen) atoms. The standard InChI is InChI=1S/C19H22BrN3O2S/c1-11-6-18-17(7-16(11)20)22(8-12(2)25-18)9-14-10-26-19(21-14)23(13(3)24)15-4-5-15/h6-7,10,12,15H,4-5,8-9H2,1-3H3/t12-/m1/s1. The lowest BCUT2D eigenvalue weighted by Crippen LogP contribution is -2.38. The van der Waals surface area contributed by atoms with Crippen LogP contribution in [0.2, 0.25) is 0 Å². The molecule has 1 aromatic heterocycles. The fourth-order valence-corrected chi connectivity index (χ4v) is 4.62. The number of rotatable bonds is 4. The van der Waals surface area contributed by atoms with Gasteiger partial charge < -0.3 is 9.64 Å². The zero-order valence-corrected chi connectivity index (χ0v) is 17.6. The SMILES string of the molecule is CC(=O)N(c1nc(CN2C[C@@H](C)Oc3cc(C)c(Br)cc32)cs1)C1CC1. The zero-order valence-electron chi connectivity index (χ0n) is 15.2. The van der Waals surface area contributed by atoms with Crippen molar-refractivity contribution in [1.29, 1.82) is 0 Å². The summed E-state index contributed by atoms with van der Waals surface area (Å²) in [7, 11) is 0. The van der Waals surface area contributed by atoms with Crippen LogP contribution in [0.15, 0.2) is 22.0 Å². The van der Waals surface area contributed by atoms with E-state index in [1.54, 1.807) is 18.3 Å². The number of carbonyl (C=O) groups is 1. The summed E-state index contributed by atoms with van der Waals surface area (Å²) in [5.41, 5.74) is 3.24. The molecule has 0 unspecified atom stereocenters. The molecule has 0 N–H and O–H groups in total. The van der Waals surface area contributed by atoms with E-state index < -0.39 is 0 Å². The molecule has 2 aromatic rings. The van der Waals surface area contributed by atoms with Crippen LogP contribution in [0.5, 0.6) is 5.75 Å². The van der Waals surface area contributed by atoms with Crippen LogP contribution in [0.25, 0.3) is 0 Å². The van der Waals surface area contributed by atoms with Crippen LogP contribution < -0.4 is 14.5 Å². The van der Waals surface area contributed by atoms with E-state index in [2.05, 4.69) is 52.2 Å². The van der Waals surface area contributed by atoms with Gasteiger partial charge in [-0.2, -0.15) is 0 Å². The number of benzene rings is 1. The highest BCUT2D eigenvalue weighted by molar-refractivity contribution is 9.10. The smallest absolute Gasteiger partial charge is 0.225 e. The molecule has 2 aliphatic rings. The number of aromatic nitrogens is 1. The van der Waals surface area contributed by atoms with E-state index in [0.717, 1.165) is 51.7 Å². The van der Waals surface area contributed by atoms with Crippen molar-refractivity contribution in [2.24, 2.45) is 0 Å². The molecule has 1 aromatic carbocycles. The van der Waals surface area contributed by atoms with Gasteiger partial charge in [-0.3, -0.25) is 9.69 Å². The van der Waals surface area contributed by atoms with E-state index in [-0.39, 0.29) is 12.0 Å². The third-order valence-electron chi connectivity index (χ3n) is 4.74. The van der Waals surface area contributed by atoms with Crippen LogP contribution in [-0.2, 0) is 11.3 Å². The molecule has 1 fully saturated rings. The molecule has 1 aliphatic heterocycles. The first-order valence-corrected chi connectivity index (χ1v) is 10.6. The highest BCUT2D eigenvalue weighted by Crippen LogP contribution is 2.39. The number of ether oxygens (including phenoxy) is 1. The Hall–Kier alpha value is -1.60. The van der Waals surface area contributed by atoms with Crippen molar-refractivity contribution in [3.05, 3.63) is 33.2 Å². The molecule has 138 valence electrons. The highest BCUT2D eigenvalue weighted by atomic mass is 79.9. The number of nitrogens with zero attached hydrogens (tertiary/aromatic N) is 3. The van der Waals surface area contributed by atoms with E-state index >= 15 is 0 Å². The number of amides is 1. The number of fused-ring (bicyclic) bond motifs is 1. The minimum Gasteiger partial charge on any atom is -0.487 e. The molecule has 1 saturated carbocycles. The third kappa shape index (κ3) is 3.47. The Kier molecular flexibility index (Phi) is 4.69. The van der Waals surface area contributed by atoms with Gasteiger partial charge in [-0.15, -0.1) is 11.3 Å². The van der Waals surface area contributed by atoms with Crippen molar-refractivity contribution < 1.29 is 9.53 Å². The molecule has 0 bridgehead atoms.